The molecule has 1 aliphatic heterocycles. The van der Waals surface area contributed by atoms with Crippen LogP contribution in [0.1, 0.15) is 34.9 Å². The van der Waals surface area contributed by atoms with Gasteiger partial charge in [0, 0.05) is 5.56 Å². The summed E-state index contributed by atoms with van der Waals surface area (Å²) in [5, 5.41) is 17.5. The summed E-state index contributed by atoms with van der Waals surface area (Å²) in [6.07, 6.45) is -0.0957. The van der Waals surface area contributed by atoms with Crippen molar-refractivity contribution in [1.29, 1.82) is 0 Å². The summed E-state index contributed by atoms with van der Waals surface area (Å²) in [7, 11) is 0. The van der Waals surface area contributed by atoms with Crippen molar-refractivity contribution in [3.63, 3.8) is 0 Å². The fourth-order valence-corrected chi connectivity index (χ4v) is 3.41. The quantitative estimate of drug-likeness (QED) is 0.682. The first-order valence-corrected chi connectivity index (χ1v) is 8.23. The first-order valence-electron chi connectivity index (χ1n) is 8.23. The molecule has 3 aromatic carbocycles. The van der Waals surface area contributed by atoms with Gasteiger partial charge in [-0.05, 0) is 17.2 Å². The van der Waals surface area contributed by atoms with Gasteiger partial charge in [-0.2, -0.15) is 0 Å². The van der Waals surface area contributed by atoms with E-state index < -0.39 is 0 Å². The highest BCUT2D eigenvalue weighted by molar-refractivity contribution is 5.37. The zero-order valence-electron chi connectivity index (χ0n) is 13.3. The van der Waals surface area contributed by atoms with E-state index >= 15 is 0 Å². The van der Waals surface area contributed by atoms with Crippen molar-refractivity contribution in [2.75, 3.05) is 0 Å². The Kier molecular flexibility index (Phi) is 4.03. The molecule has 0 amide bonds. The van der Waals surface area contributed by atoms with Crippen molar-refractivity contribution in [3.8, 4) is 5.75 Å². The van der Waals surface area contributed by atoms with Crippen molar-refractivity contribution < 1.29 is 5.11 Å². The smallest absolute Gasteiger partial charge is 0.121 e. The minimum atomic E-state index is -0.0957. The van der Waals surface area contributed by atoms with E-state index in [-0.39, 0.29) is 18.2 Å². The maximum atomic E-state index is 10.2. The Labute approximate surface area is 142 Å². The maximum Gasteiger partial charge on any atom is 0.121 e. The molecular formula is C21H20N2O. The van der Waals surface area contributed by atoms with Crippen molar-refractivity contribution in [2.45, 2.75) is 18.2 Å². The standard InChI is InChI=1S/C21H20N2O/c24-18-14-8-7-13-17(18)21-22-19(15-9-3-1-4-10-15)20(23-21)16-11-5-2-6-12-16/h1-14,19-24H/t19-,20-/m1/s1. The van der Waals surface area contributed by atoms with E-state index in [0.29, 0.717) is 5.75 Å². The fourth-order valence-electron chi connectivity index (χ4n) is 3.41. The predicted octanol–water partition coefficient (Wildman–Crippen LogP) is 4.07. The second-order valence-electron chi connectivity index (χ2n) is 6.10. The van der Waals surface area contributed by atoms with Gasteiger partial charge in [-0.1, -0.05) is 78.9 Å². The summed E-state index contributed by atoms with van der Waals surface area (Å²) in [5.41, 5.74) is 3.34. The van der Waals surface area contributed by atoms with Gasteiger partial charge in [0.25, 0.3) is 0 Å². The lowest BCUT2D eigenvalue weighted by molar-refractivity contribution is 0.446. The van der Waals surface area contributed by atoms with Crippen LogP contribution in [0.3, 0.4) is 0 Å². The minimum absolute atomic E-state index is 0.0957. The second-order valence-corrected chi connectivity index (χ2v) is 6.10. The summed E-state index contributed by atoms with van der Waals surface area (Å²) in [5.74, 6) is 0.308. The maximum absolute atomic E-state index is 10.2. The van der Waals surface area contributed by atoms with Gasteiger partial charge in [0.05, 0.1) is 18.2 Å². The molecular weight excluding hydrogens is 296 g/mol. The van der Waals surface area contributed by atoms with Crippen LogP contribution in [0.4, 0.5) is 0 Å². The number of aromatic hydroxyl groups is 1. The SMILES string of the molecule is Oc1ccccc1C1N[C@H](c2ccccc2)[C@@H](c2ccccc2)N1. The van der Waals surface area contributed by atoms with Crippen LogP contribution in [0, 0.1) is 0 Å². The molecule has 1 saturated heterocycles. The number of hydrogen-bond acceptors (Lipinski definition) is 3. The average molecular weight is 316 g/mol. The van der Waals surface area contributed by atoms with E-state index in [1.54, 1.807) is 6.07 Å². The Hall–Kier alpha value is -2.62. The largest absolute Gasteiger partial charge is 0.508 e. The van der Waals surface area contributed by atoms with Gasteiger partial charge < -0.3 is 5.11 Å². The van der Waals surface area contributed by atoms with Gasteiger partial charge in [0.15, 0.2) is 0 Å². The summed E-state index contributed by atoms with van der Waals surface area (Å²) < 4.78 is 0. The molecule has 0 aliphatic carbocycles. The van der Waals surface area contributed by atoms with E-state index in [9.17, 15) is 5.11 Å². The number of nitrogens with one attached hydrogen (secondary N) is 2. The molecule has 3 N–H and O–H groups in total. The molecule has 0 radical (unpaired) electrons. The average Bonchev–Trinajstić information content (AvgIpc) is 3.09. The van der Waals surface area contributed by atoms with Crippen LogP contribution >= 0.6 is 0 Å². The lowest BCUT2D eigenvalue weighted by Gasteiger charge is -2.19. The molecule has 3 nitrogen and oxygen atoms in total. The molecule has 0 saturated carbocycles. The topological polar surface area (TPSA) is 44.3 Å². The Bertz CT molecular complexity index is 757. The third-order valence-electron chi connectivity index (χ3n) is 4.59. The number of para-hydroxylation sites is 1. The van der Waals surface area contributed by atoms with Crippen LogP contribution in [0.5, 0.6) is 5.75 Å². The van der Waals surface area contributed by atoms with E-state index in [1.807, 2.05) is 30.3 Å². The van der Waals surface area contributed by atoms with Crippen molar-refractivity contribution in [3.05, 3.63) is 102 Å². The highest BCUT2D eigenvalue weighted by Crippen LogP contribution is 2.39. The fraction of sp³-hybridized carbons (Fsp3) is 0.143. The Morgan fingerprint density at radius 2 is 1.04 bits per heavy atom. The second kappa shape index (κ2) is 6.48. The van der Waals surface area contributed by atoms with Crippen LogP contribution in [0.25, 0.3) is 0 Å². The zero-order valence-corrected chi connectivity index (χ0v) is 13.3. The monoisotopic (exact) mass is 316 g/mol. The summed E-state index contributed by atoms with van der Waals surface area (Å²) >= 11 is 0. The number of hydrogen-bond donors (Lipinski definition) is 3. The molecule has 0 unspecified atom stereocenters. The third kappa shape index (κ3) is 2.80. The summed E-state index contributed by atoms with van der Waals surface area (Å²) in [6, 6.07) is 28.6. The Morgan fingerprint density at radius 1 is 0.583 bits per heavy atom. The highest BCUT2D eigenvalue weighted by atomic mass is 16.3. The zero-order chi connectivity index (χ0) is 16.4. The van der Waals surface area contributed by atoms with Crippen molar-refractivity contribution in [2.24, 2.45) is 0 Å². The first kappa shape index (κ1) is 14.9. The molecule has 24 heavy (non-hydrogen) atoms. The number of phenolic OH excluding ortho intramolecular Hbond substituents is 1. The number of rotatable bonds is 3. The van der Waals surface area contributed by atoms with Gasteiger partial charge >= 0.3 is 0 Å². The van der Waals surface area contributed by atoms with Crippen molar-refractivity contribution >= 4 is 0 Å². The molecule has 1 aliphatic rings. The lowest BCUT2D eigenvalue weighted by atomic mass is 9.95. The van der Waals surface area contributed by atoms with E-state index in [0.717, 1.165) is 5.56 Å². The van der Waals surface area contributed by atoms with Gasteiger partial charge in [0.1, 0.15) is 5.75 Å². The van der Waals surface area contributed by atoms with E-state index in [4.69, 9.17) is 0 Å². The molecule has 120 valence electrons. The van der Waals surface area contributed by atoms with Gasteiger partial charge in [-0.15, -0.1) is 0 Å². The van der Waals surface area contributed by atoms with E-state index in [1.165, 1.54) is 11.1 Å². The number of benzene rings is 3. The molecule has 2 atom stereocenters. The van der Waals surface area contributed by atoms with E-state index in [2.05, 4.69) is 59.2 Å². The molecule has 3 heteroatoms. The normalized spacial score (nSPS) is 21.0. The van der Waals surface area contributed by atoms with Crippen LogP contribution in [0.15, 0.2) is 84.9 Å². The molecule has 1 fully saturated rings. The Morgan fingerprint density at radius 3 is 1.54 bits per heavy atom. The molecule has 0 spiro atoms. The summed E-state index contributed by atoms with van der Waals surface area (Å²) in [4.78, 5) is 0. The third-order valence-corrected chi connectivity index (χ3v) is 4.59. The lowest BCUT2D eigenvalue weighted by Crippen LogP contribution is -2.22. The molecule has 3 aromatic rings. The minimum Gasteiger partial charge on any atom is -0.508 e. The highest BCUT2D eigenvalue weighted by Gasteiger charge is 2.36. The predicted molar refractivity (Wildman–Crippen MR) is 95.5 cm³/mol. The van der Waals surface area contributed by atoms with Crippen LogP contribution in [0.2, 0.25) is 0 Å². The first-order chi connectivity index (χ1) is 11.8. The Balaban J connectivity index is 1.72. The van der Waals surface area contributed by atoms with Crippen molar-refractivity contribution in [1.82, 2.24) is 10.6 Å². The van der Waals surface area contributed by atoms with Crippen LogP contribution < -0.4 is 10.6 Å². The number of phenols is 1. The van der Waals surface area contributed by atoms with Crippen LogP contribution in [-0.2, 0) is 0 Å². The van der Waals surface area contributed by atoms with Crippen LogP contribution in [-0.4, -0.2) is 5.11 Å². The molecule has 4 rings (SSSR count). The molecule has 1 heterocycles. The molecule has 0 bridgehead atoms. The summed E-state index contributed by atoms with van der Waals surface area (Å²) in [6.45, 7) is 0. The van der Waals surface area contributed by atoms with Gasteiger partial charge in [-0.25, -0.2) is 0 Å². The van der Waals surface area contributed by atoms with Gasteiger partial charge in [-0.3, -0.25) is 10.6 Å². The van der Waals surface area contributed by atoms with Gasteiger partial charge in [0.2, 0.25) is 0 Å². The molecule has 0 aromatic heterocycles.